The molecule has 4 heterocycles. The highest BCUT2D eigenvalue weighted by Crippen LogP contribution is 2.31. The van der Waals surface area contributed by atoms with Gasteiger partial charge in [-0.05, 0) is 35.0 Å². The Hall–Kier alpha value is -3.88. The molecule has 0 aromatic carbocycles. The van der Waals surface area contributed by atoms with Gasteiger partial charge in [-0.3, -0.25) is 4.79 Å². The minimum Gasteiger partial charge on any atom is -0.370 e. The summed E-state index contributed by atoms with van der Waals surface area (Å²) in [5.74, 6) is -0.345. The summed E-state index contributed by atoms with van der Waals surface area (Å²) in [5, 5.41) is 21.6. The molecule has 4 N–H and O–H groups in total. The van der Waals surface area contributed by atoms with E-state index in [0.29, 0.717) is 10.6 Å². The summed E-state index contributed by atoms with van der Waals surface area (Å²) in [6.07, 6.45) is 3.30. The van der Waals surface area contributed by atoms with Crippen molar-refractivity contribution in [2.45, 2.75) is 0 Å². The molecule has 4 rings (SSSR count). The van der Waals surface area contributed by atoms with E-state index in [2.05, 4.69) is 26.2 Å². The second kappa shape index (κ2) is 7.63. The van der Waals surface area contributed by atoms with E-state index >= 15 is 0 Å². The topological polar surface area (TPSA) is 148 Å². The average Bonchev–Trinajstić information content (AvgIpc) is 3.40. The summed E-state index contributed by atoms with van der Waals surface area (Å²) >= 11 is 2.90. The number of fused-ring (bicyclic) bond motifs is 1. The van der Waals surface area contributed by atoms with Crippen LogP contribution in [0.3, 0.4) is 0 Å². The molecule has 0 unspecified atom stereocenters. The Morgan fingerprint density at radius 3 is 2.62 bits per heavy atom. The van der Waals surface area contributed by atoms with Crippen molar-refractivity contribution in [3.05, 3.63) is 61.5 Å². The van der Waals surface area contributed by atoms with Crippen molar-refractivity contribution >= 4 is 52.4 Å². The average molecular weight is 420 g/mol. The molecule has 0 atom stereocenters. The number of nitrogens with zero attached hydrogens (tertiary/aromatic N) is 6. The maximum atomic E-state index is 13.1. The molecular weight excluding hydrogens is 408 g/mol. The van der Waals surface area contributed by atoms with Gasteiger partial charge in [0.05, 0.1) is 4.88 Å². The van der Waals surface area contributed by atoms with E-state index in [9.17, 15) is 10.1 Å². The number of nitriles is 1. The van der Waals surface area contributed by atoms with Gasteiger partial charge in [0.25, 0.3) is 11.3 Å². The third kappa shape index (κ3) is 3.49. The van der Waals surface area contributed by atoms with Crippen LogP contribution < -0.4 is 17.0 Å². The Labute approximate surface area is 171 Å². The lowest BCUT2D eigenvalue weighted by Crippen LogP contribution is -2.25. The molecule has 0 bridgehead atoms. The molecule has 0 aliphatic heterocycles. The monoisotopic (exact) mass is 420 g/mol. The molecule has 0 saturated heterocycles. The Balaban J connectivity index is 2.02. The number of rotatable bonds is 4. The second-order valence-corrected chi connectivity index (χ2v) is 7.59. The predicted octanol–water partition coefficient (Wildman–Crippen LogP) is 2.22. The third-order valence-electron chi connectivity index (χ3n) is 3.80. The minimum atomic E-state index is -0.537. The number of thiophene rings is 2. The first-order valence-electron chi connectivity index (χ1n) is 8.17. The maximum Gasteiger partial charge on any atom is 0.287 e. The first-order chi connectivity index (χ1) is 14.1. The molecule has 0 saturated carbocycles. The minimum absolute atomic E-state index is 0.00864. The first kappa shape index (κ1) is 18.5. The predicted molar refractivity (Wildman–Crippen MR) is 114 cm³/mol. The zero-order chi connectivity index (χ0) is 20.4. The largest absolute Gasteiger partial charge is 0.370 e. The normalized spacial score (nSPS) is 11.0. The number of hydrogen-bond acceptors (Lipinski definition) is 8. The van der Waals surface area contributed by atoms with Gasteiger partial charge in [-0.2, -0.15) is 10.3 Å². The van der Waals surface area contributed by atoms with Gasteiger partial charge in [0.2, 0.25) is 0 Å². The first-order valence-corrected chi connectivity index (χ1v) is 9.93. The highest BCUT2D eigenvalue weighted by atomic mass is 32.1. The molecule has 0 aliphatic rings. The molecule has 0 spiro atoms. The molecule has 29 heavy (non-hydrogen) atoms. The van der Waals surface area contributed by atoms with Gasteiger partial charge in [0.1, 0.15) is 17.3 Å². The summed E-state index contributed by atoms with van der Waals surface area (Å²) in [7, 11) is 0. The van der Waals surface area contributed by atoms with Crippen molar-refractivity contribution in [3.8, 4) is 16.6 Å². The molecule has 0 amide bonds. The van der Waals surface area contributed by atoms with Crippen LogP contribution in [-0.2, 0) is 0 Å². The Kier molecular flexibility index (Phi) is 4.86. The van der Waals surface area contributed by atoms with Crippen LogP contribution in [0.1, 0.15) is 16.1 Å². The summed E-state index contributed by atoms with van der Waals surface area (Å²) in [6, 6.07) is 9.48. The molecular formula is C18H12N8OS2. The molecule has 4 aromatic heterocycles. The second-order valence-electron chi connectivity index (χ2n) is 5.66. The van der Waals surface area contributed by atoms with E-state index in [1.807, 2.05) is 29.0 Å². The van der Waals surface area contributed by atoms with E-state index in [-0.39, 0.29) is 28.8 Å². The van der Waals surface area contributed by atoms with E-state index < -0.39 is 5.56 Å². The summed E-state index contributed by atoms with van der Waals surface area (Å²) in [6.45, 7) is 0. The fraction of sp³-hybridized carbons (Fsp3) is 0. The number of guanidine groups is 1. The van der Waals surface area contributed by atoms with Crippen molar-refractivity contribution < 1.29 is 0 Å². The van der Waals surface area contributed by atoms with Crippen LogP contribution in [0.4, 0.5) is 5.82 Å². The number of hydrogen-bond donors (Lipinski definition) is 2. The van der Waals surface area contributed by atoms with Crippen molar-refractivity contribution in [2.24, 2.45) is 16.5 Å². The Bertz CT molecular complexity index is 1340. The van der Waals surface area contributed by atoms with Crippen LogP contribution in [0.25, 0.3) is 28.5 Å². The Morgan fingerprint density at radius 1 is 1.17 bits per heavy atom. The SMILES string of the molecule is N#Cc1c(-c2cccs2)nc2nnc(/C=C\c3cccs3)c(=O)n2c1N=C(N)N. The van der Waals surface area contributed by atoms with Gasteiger partial charge in [-0.1, -0.05) is 12.1 Å². The van der Waals surface area contributed by atoms with Crippen LogP contribution in [0.2, 0.25) is 0 Å². The van der Waals surface area contributed by atoms with Gasteiger partial charge in [-0.15, -0.1) is 32.9 Å². The molecule has 0 aliphatic carbocycles. The van der Waals surface area contributed by atoms with Gasteiger partial charge in [0, 0.05) is 4.88 Å². The van der Waals surface area contributed by atoms with Crippen molar-refractivity contribution in [1.82, 2.24) is 19.6 Å². The van der Waals surface area contributed by atoms with Crippen LogP contribution in [-0.4, -0.2) is 25.5 Å². The van der Waals surface area contributed by atoms with E-state index in [1.54, 1.807) is 18.2 Å². The highest BCUT2D eigenvalue weighted by Gasteiger charge is 2.20. The lowest BCUT2D eigenvalue weighted by molar-refractivity contribution is 0.891. The van der Waals surface area contributed by atoms with E-state index in [1.165, 1.54) is 22.7 Å². The van der Waals surface area contributed by atoms with Crippen LogP contribution >= 0.6 is 22.7 Å². The smallest absolute Gasteiger partial charge is 0.287 e. The molecule has 142 valence electrons. The zero-order valence-electron chi connectivity index (χ0n) is 14.7. The van der Waals surface area contributed by atoms with Crippen molar-refractivity contribution in [3.63, 3.8) is 0 Å². The van der Waals surface area contributed by atoms with Gasteiger partial charge in [0.15, 0.2) is 17.5 Å². The maximum absolute atomic E-state index is 13.1. The third-order valence-corrected chi connectivity index (χ3v) is 5.52. The van der Waals surface area contributed by atoms with E-state index in [0.717, 1.165) is 9.28 Å². The number of aromatic nitrogens is 4. The number of nitrogens with two attached hydrogens (primary N) is 2. The molecule has 9 nitrogen and oxygen atoms in total. The quantitative estimate of drug-likeness (QED) is 0.380. The van der Waals surface area contributed by atoms with Gasteiger partial charge >= 0.3 is 0 Å². The van der Waals surface area contributed by atoms with Crippen molar-refractivity contribution in [1.29, 1.82) is 5.26 Å². The summed E-state index contributed by atoms with van der Waals surface area (Å²) < 4.78 is 1.09. The fourth-order valence-electron chi connectivity index (χ4n) is 2.60. The standard InChI is InChI=1S/C18H12N8OS2/c19-9-11-14(13-4-2-8-29-13)22-18-25-24-12(6-5-10-3-1-7-28-10)16(27)26(18)15(11)23-17(20)21/h1-8H,(H4,20,21,23)/b6-5-. The van der Waals surface area contributed by atoms with Gasteiger partial charge in [-0.25, -0.2) is 9.38 Å². The van der Waals surface area contributed by atoms with Crippen molar-refractivity contribution in [2.75, 3.05) is 0 Å². The fourth-order valence-corrected chi connectivity index (χ4v) is 3.94. The zero-order valence-corrected chi connectivity index (χ0v) is 16.3. The molecule has 4 aromatic rings. The van der Waals surface area contributed by atoms with Crippen LogP contribution in [0, 0.1) is 11.3 Å². The lowest BCUT2D eigenvalue weighted by atomic mass is 10.2. The molecule has 0 radical (unpaired) electrons. The van der Waals surface area contributed by atoms with Gasteiger partial charge < -0.3 is 11.5 Å². The lowest BCUT2D eigenvalue weighted by Gasteiger charge is -2.09. The summed E-state index contributed by atoms with van der Waals surface area (Å²) in [4.78, 5) is 23.1. The van der Waals surface area contributed by atoms with Crippen LogP contribution in [0.15, 0.2) is 44.8 Å². The molecule has 0 fully saturated rings. The molecule has 11 heteroatoms. The van der Waals surface area contributed by atoms with Crippen LogP contribution in [0.5, 0.6) is 0 Å². The Morgan fingerprint density at radius 2 is 1.97 bits per heavy atom. The number of aliphatic imine (C=N–C) groups is 1. The van der Waals surface area contributed by atoms with E-state index in [4.69, 9.17) is 11.5 Å². The highest BCUT2D eigenvalue weighted by molar-refractivity contribution is 7.13. The summed E-state index contributed by atoms with van der Waals surface area (Å²) in [5.41, 5.74) is 11.0.